The van der Waals surface area contributed by atoms with Gasteiger partial charge >= 0.3 is 0 Å². The summed E-state index contributed by atoms with van der Waals surface area (Å²) in [6.45, 7) is 0. The summed E-state index contributed by atoms with van der Waals surface area (Å²) in [5.41, 5.74) is 14.5. The second kappa shape index (κ2) is 20.3. The van der Waals surface area contributed by atoms with Gasteiger partial charge < -0.3 is 18.3 Å². The van der Waals surface area contributed by atoms with Gasteiger partial charge in [0.2, 0.25) is 0 Å². The first kappa shape index (κ1) is 55.3. The van der Waals surface area contributed by atoms with Crippen LogP contribution in [0.5, 0.6) is 0 Å². The molecule has 0 aliphatic heterocycles. The molecule has 0 atom stereocenters. The number of benzene rings is 14. The number of nitriles is 4. The van der Waals surface area contributed by atoms with E-state index in [1.54, 1.807) is 45.3 Å². The molecule has 8 aromatic heterocycles. The van der Waals surface area contributed by atoms with Crippen LogP contribution >= 0.6 is 45.3 Å². The lowest BCUT2D eigenvalue weighted by molar-refractivity contribution is 1.12. The number of hydrogen-bond acceptors (Lipinski definition) is 8. The largest absolute Gasteiger partial charge is 0.308 e. The first-order valence-electron chi connectivity index (χ1n) is 32.8. The van der Waals surface area contributed by atoms with Crippen molar-refractivity contribution in [3.8, 4) is 58.2 Å². The van der Waals surface area contributed by atoms with Gasteiger partial charge in [-0.3, -0.25) is 0 Å². The summed E-state index contributed by atoms with van der Waals surface area (Å²) < 4.78 is 18.1. The van der Waals surface area contributed by atoms with Gasteiger partial charge in [-0.05, 0) is 114 Å². The molecule has 8 heterocycles. The Bertz CT molecular complexity index is 7730. The quantitative estimate of drug-likeness (QED) is 0.171. The van der Waals surface area contributed by atoms with Crippen molar-refractivity contribution in [2.45, 2.75) is 0 Å². The molecule has 22 rings (SSSR count). The number of thiophene rings is 4. The summed E-state index contributed by atoms with van der Waals surface area (Å²) in [6, 6.07) is 100. The van der Waals surface area contributed by atoms with E-state index in [1.807, 2.05) is 48.5 Å². The monoisotopic (exact) mass is 1340 g/mol. The molecule has 0 spiro atoms. The third kappa shape index (κ3) is 7.41. The summed E-state index contributed by atoms with van der Waals surface area (Å²) in [4.78, 5) is 0. The molecular weight excluding hydrogens is 1300 g/mol. The number of rotatable bonds is 5. The fourth-order valence-electron chi connectivity index (χ4n) is 16.6. The van der Waals surface area contributed by atoms with Gasteiger partial charge in [0, 0.05) is 114 Å². The fourth-order valence-corrected chi connectivity index (χ4v) is 21.3. The Balaban J connectivity index is 0.674. The number of para-hydroxylation sites is 4. The molecule has 0 aliphatic rings. The zero-order valence-corrected chi connectivity index (χ0v) is 55.7. The minimum Gasteiger partial charge on any atom is -0.308 e. The van der Waals surface area contributed by atoms with E-state index >= 15 is 0 Å². The van der Waals surface area contributed by atoms with Gasteiger partial charge in [-0.2, -0.15) is 21.0 Å². The van der Waals surface area contributed by atoms with Crippen LogP contribution in [0.4, 0.5) is 0 Å². The van der Waals surface area contributed by atoms with Crippen LogP contribution in [0.25, 0.3) is 202 Å². The molecule has 0 saturated carbocycles. The van der Waals surface area contributed by atoms with E-state index in [1.165, 1.54) is 30.3 Å². The second-order valence-corrected chi connectivity index (χ2v) is 30.1. The number of hydrogen-bond donors (Lipinski definition) is 0. The molecule has 0 radical (unpaired) electrons. The molecule has 22 aromatic rings. The Hall–Kier alpha value is -12.9. The molecule has 0 saturated heterocycles. The van der Waals surface area contributed by atoms with Crippen LogP contribution in [0.1, 0.15) is 22.3 Å². The lowest BCUT2D eigenvalue weighted by Gasteiger charge is -2.16. The third-order valence-electron chi connectivity index (χ3n) is 20.9. The van der Waals surface area contributed by atoms with Crippen LogP contribution in [-0.2, 0) is 0 Å². The van der Waals surface area contributed by atoms with Gasteiger partial charge in [0.15, 0.2) is 0 Å². The number of nitrogens with zero attached hydrogens (tertiary/aromatic N) is 8. The van der Waals surface area contributed by atoms with Gasteiger partial charge in [-0.15, -0.1) is 45.3 Å². The molecule has 12 heteroatoms. The lowest BCUT2D eigenvalue weighted by atomic mass is 10.0. The highest BCUT2D eigenvalue weighted by Crippen LogP contribution is 2.50. The van der Waals surface area contributed by atoms with Crippen LogP contribution < -0.4 is 0 Å². The van der Waals surface area contributed by atoms with Crippen molar-refractivity contribution in [3.05, 3.63) is 277 Å². The zero-order valence-electron chi connectivity index (χ0n) is 52.5. The Morgan fingerprint density at radius 2 is 0.530 bits per heavy atom. The highest BCUT2D eigenvalue weighted by atomic mass is 32.1. The van der Waals surface area contributed by atoms with Gasteiger partial charge in [-0.1, -0.05) is 152 Å². The minimum atomic E-state index is 0.463. The molecule has 8 nitrogen and oxygen atoms in total. The third-order valence-corrected chi connectivity index (χ3v) is 25.5. The molecule has 0 N–H and O–H groups in total. The standard InChI is InChI=1S/C88H42N8S4/c89-43-49-35-74(50(44-90)34-73(49)93-69-19-7-3-15-55(69)64-41-83-67(39-77(64)93)58-18-6-11-23-79(58)97-83)94-70-20-8-4-16-56(70)65-42-84-68(40-78(65)94)59-27-25-48(38-82(59)98-84)47-26-32-81-66(33-47)63-31-29-61-54-14-2-10-22-72(54)96(86(61)88(63)100-81)76-37-51(45-91)75(36-52(76)46-92)95-71-21-9-1-13-53(71)60-28-30-62-57-17-5-12-24-80(57)99-87(62)85(60)95/h1-42H. The molecule has 100 heavy (non-hydrogen) atoms. The summed E-state index contributed by atoms with van der Waals surface area (Å²) in [5.74, 6) is 0. The summed E-state index contributed by atoms with van der Waals surface area (Å²) in [7, 11) is 0. The predicted octanol–water partition coefficient (Wildman–Crippen LogP) is 24.7. The maximum Gasteiger partial charge on any atom is 0.101 e. The number of aromatic nitrogens is 4. The van der Waals surface area contributed by atoms with E-state index in [0.29, 0.717) is 45.0 Å². The van der Waals surface area contributed by atoms with E-state index in [2.05, 4.69) is 249 Å². The van der Waals surface area contributed by atoms with Crippen LogP contribution in [0.15, 0.2) is 255 Å². The van der Waals surface area contributed by atoms with Gasteiger partial charge in [-0.25, -0.2) is 0 Å². The van der Waals surface area contributed by atoms with Crippen molar-refractivity contribution in [3.63, 3.8) is 0 Å². The van der Waals surface area contributed by atoms with Crippen molar-refractivity contribution in [1.29, 1.82) is 21.0 Å². The van der Waals surface area contributed by atoms with E-state index in [-0.39, 0.29) is 0 Å². The molecule has 0 bridgehead atoms. The molecule has 0 fully saturated rings. The predicted molar refractivity (Wildman–Crippen MR) is 420 cm³/mol. The maximum atomic E-state index is 11.4. The average molecular weight is 1340 g/mol. The Labute approximate surface area is 583 Å². The Morgan fingerprint density at radius 3 is 1.02 bits per heavy atom. The first-order valence-corrected chi connectivity index (χ1v) is 36.1. The zero-order chi connectivity index (χ0) is 65.9. The van der Waals surface area contributed by atoms with Crippen LogP contribution in [0.3, 0.4) is 0 Å². The SMILES string of the molecule is N#Cc1cc(-n2c3ccccc3c3cc4sc5cc(-c6ccc7sc8c(ccc9c%10ccccc%10n(-c%10cc(C#N)c(-n%11c%12ccccc%12c%12ccc%13c%14ccccc%14sc%13c%12%11)cc%10C#N)c98)c7c6)ccc5c4cc32)c(C#N)cc1-n1c2ccccc2c2cc3sc4ccccc4c3cc21. The average Bonchev–Trinajstić information content (AvgIpc) is 1.56. The van der Waals surface area contributed by atoms with Crippen molar-refractivity contribution >= 4 is 213 Å². The first-order chi connectivity index (χ1) is 49.4. The number of fused-ring (bicyclic) bond motifs is 26. The molecule has 14 aromatic carbocycles. The summed E-state index contributed by atoms with van der Waals surface area (Å²) in [5, 5.41) is 63.2. The molecule has 0 aliphatic carbocycles. The van der Waals surface area contributed by atoms with Crippen molar-refractivity contribution in [2.75, 3.05) is 0 Å². The van der Waals surface area contributed by atoms with Gasteiger partial charge in [0.1, 0.15) is 24.3 Å². The van der Waals surface area contributed by atoms with E-state index in [4.69, 9.17) is 0 Å². The Morgan fingerprint density at radius 1 is 0.210 bits per heavy atom. The minimum absolute atomic E-state index is 0.463. The highest BCUT2D eigenvalue weighted by Gasteiger charge is 2.27. The van der Waals surface area contributed by atoms with Crippen LogP contribution in [0, 0.1) is 45.3 Å². The highest BCUT2D eigenvalue weighted by molar-refractivity contribution is 7.27. The van der Waals surface area contributed by atoms with Gasteiger partial charge in [0.25, 0.3) is 0 Å². The van der Waals surface area contributed by atoms with Gasteiger partial charge in [0.05, 0.1) is 98.5 Å². The summed E-state index contributed by atoms with van der Waals surface area (Å²) >= 11 is 7.09. The fraction of sp³-hybridized carbons (Fsp3) is 0. The van der Waals surface area contributed by atoms with Crippen molar-refractivity contribution < 1.29 is 0 Å². The Kier molecular flexibility index (Phi) is 11.2. The smallest absolute Gasteiger partial charge is 0.101 e. The van der Waals surface area contributed by atoms with Crippen LogP contribution in [-0.4, -0.2) is 18.3 Å². The maximum absolute atomic E-state index is 11.4. The van der Waals surface area contributed by atoms with E-state index in [0.717, 1.165) is 149 Å². The normalized spacial score (nSPS) is 12.2. The second-order valence-electron chi connectivity index (χ2n) is 25.9. The topological polar surface area (TPSA) is 115 Å². The van der Waals surface area contributed by atoms with Crippen molar-refractivity contribution in [1.82, 2.24) is 18.3 Å². The van der Waals surface area contributed by atoms with E-state index < -0.39 is 0 Å². The molecule has 0 unspecified atom stereocenters. The van der Waals surface area contributed by atoms with Crippen molar-refractivity contribution in [2.24, 2.45) is 0 Å². The summed E-state index contributed by atoms with van der Waals surface area (Å²) in [6.07, 6.45) is 0. The molecule has 458 valence electrons. The lowest BCUT2D eigenvalue weighted by Crippen LogP contribution is -2.04. The van der Waals surface area contributed by atoms with Crippen LogP contribution in [0.2, 0.25) is 0 Å². The molecule has 0 amide bonds. The van der Waals surface area contributed by atoms with E-state index in [9.17, 15) is 21.0 Å². The molecular formula is C88H42N8S4.